The van der Waals surface area contributed by atoms with E-state index in [1.54, 1.807) is 0 Å². The summed E-state index contributed by atoms with van der Waals surface area (Å²) in [5.74, 6) is 1.62. The van der Waals surface area contributed by atoms with Crippen LogP contribution in [0.4, 0.5) is 0 Å². The quantitative estimate of drug-likeness (QED) is 0.680. The van der Waals surface area contributed by atoms with E-state index >= 15 is 0 Å². The molecule has 0 heterocycles. The number of benzene rings is 1. The van der Waals surface area contributed by atoms with Crippen LogP contribution < -0.4 is 0 Å². The van der Waals surface area contributed by atoms with Gasteiger partial charge in [0.1, 0.15) is 0 Å². The van der Waals surface area contributed by atoms with Gasteiger partial charge < -0.3 is 0 Å². The Balaban J connectivity index is 2.14. The first kappa shape index (κ1) is 12.2. The minimum absolute atomic E-state index is 0.722. The third kappa shape index (κ3) is 2.88. The predicted octanol–water partition coefficient (Wildman–Crippen LogP) is 5.05. The molecule has 0 saturated heterocycles. The molecule has 0 N–H and O–H groups in total. The van der Waals surface area contributed by atoms with E-state index < -0.39 is 0 Å². The summed E-state index contributed by atoms with van der Waals surface area (Å²) in [5.41, 5.74) is 2.92. The summed E-state index contributed by atoms with van der Waals surface area (Å²) in [6.07, 6.45) is 7.15. The molecule has 0 spiro atoms. The standard InChI is InChI=1S/C15H21Br/c1-12-6-5-9-14(10-12)15(11-16)13-7-3-2-4-8-13/h5-6,9-10,13,15H,2-4,7-8,11H2,1H3. The second-order valence-electron chi connectivity index (χ2n) is 5.07. The Morgan fingerprint density at radius 3 is 2.62 bits per heavy atom. The molecule has 88 valence electrons. The van der Waals surface area contributed by atoms with Crippen LogP contribution in [-0.4, -0.2) is 5.33 Å². The van der Waals surface area contributed by atoms with Gasteiger partial charge in [-0.05, 0) is 37.2 Å². The molecule has 16 heavy (non-hydrogen) atoms. The van der Waals surface area contributed by atoms with Crippen molar-refractivity contribution in [2.45, 2.75) is 44.9 Å². The minimum Gasteiger partial charge on any atom is -0.0921 e. The molecule has 0 bridgehead atoms. The van der Waals surface area contributed by atoms with Gasteiger partial charge in [0.25, 0.3) is 0 Å². The first-order valence-corrected chi connectivity index (χ1v) is 7.56. The van der Waals surface area contributed by atoms with Gasteiger partial charge in [-0.25, -0.2) is 0 Å². The maximum atomic E-state index is 3.71. The fourth-order valence-corrected chi connectivity index (χ4v) is 3.83. The minimum atomic E-state index is 0.722. The van der Waals surface area contributed by atoms with Gasteiger partial charge in [-0.1, -0.05) is 65.0 Å². The molecule has 0 nitrogen and oxygen atoms in total. The van der Waals surface area contributed by atoms with Gasteiger partial charge in [0.2, 0.25) is 0 Å². The van der Waals surface area contributed by atoms with E-state index in [1.165, 1.54) is 43.2 Å². The smallest absolute Gasteiger partial charge is 0.0103 e. The summed E-state index contributed by atoms with van der Waals surface area (Å²) in [7, 11) is 0. The first-order valence-electron chi connectivity index (χ1n) is 6.44. The average molecular weight is 281 g/mol. The Hall–Kier alpha value is -0.300. The van der Waals surface area contributed by atoms with Crippen molar-refractivity contribution < 1.29 is 0 Å². The molecule has 1 fully saturated rings. The highest BCUT2D eigenvalue weighted by Gasteiger charge is 2.23. The lowest BCUT2D eigenvalue weighted by atomic mass is 9.77. The van der Waals surface area contributed by atoms with Crippen molar-refractivity contribution >= 4 is 15.9 Å². The summed E-state index contributed by atoms with van der Waals surface area (Å²) in [6, 6.07) is 9.05. The van der Waals surface area contributed by atoms with Crippen molar-refractivity contribution in [1.82, 2.24) is 0 Å². The van der Waals surface area contributed by atoms with Crippen LogP contribution in [0.15, 0.2) is 24.3 Å². The zero-order chi connectivity index (χ0) is 11.4. The Morgan fingerprint density at radius 1 is 1.25 bits per heavy atom. The Kier molecular flexibility index (Phi) is 4.45. The molecule has 0 aliphatic heterocycles. The third-order valence-corrected chi connectivity index (χ3v) is 4.55. The number of hydrogen-bond acceptors (Lipinski definition) is 0. The summed E-state index contributed by atoms with van der Waals surface area (Å²) >= 11 is 3.71. The van der Waals surface area contributed by atoms with Gasteiger partial charge in [0, 0.05) is 5.33 Å². The summed E-state index contributed by atoms with van der Waals surface area (Å²) < 4.78 is 0. The van der Waals surface area contributed by atoms with Gasteiger partial charge in [0.05, 0.1) is 0 Å². The van der Waals surface area contributed by atoms with Crippen LogP contribution in [0.1, 0.15) is 49.1 Å². The van der Waals surface area contributed by atoms with Gasteiger partial charge in [0.15, 0.2) is 0 Å². The SMILES string of the molecule is Cc1cccc(C(CBr)C2CCCCC2)c1. The maximum absolute atomic E-state index is 3.71. The molecule has 1 aromatic carbocycles. The van der Waals surface area contributed by atoms with E-state index in [1.807, 2.05) is 0 Å². The summed E-state index contributed by atoms with van der Waals surface area (Å²) in [6.45, 7) is 2.19. The fraction of sp³-hybridized carbons (Fsp3) is 0.600. The van der Waals surface area contributed by atoms with Crippen LogP contribution in [0.25, 0.3) is 0 Å². The molecule has 0 amide bonds. The second kappa shape index (κ2) is 5.86. The van der Waals surface area contributed by atoms with Crippen LogP contribution in [0.5, 0.6) is 0 Å². The van der Waals surface area contributed by atoms with Crippen LogP contribution in [0.3, 0.4) is 0 Å². The Bertz CT molecular complexity index is 326. The average Bonchev–Trinajstić information content (AvgIpc) is 2.31. The topological polar surface area (TPSA) is 0 Å². The lowest BCUT2D eigenvalue weighted by Gasteiger charge is -2.29. The van der Waals surface area contributed by atoms with Crippen molar-refractivity contribution in [2.24, 2.45) is 5.92 Å². The highest BCUT2D eigenvalue weighted by molar-refractivity contribution is 9.09. The van der Waals surface area contributed by atoms with Gasteiger partial charge in [-0.15, -0.1) is 0 Å². The predicted molar refractivity (Wildman–Crippen MR) is 74.3 cm³/mol. The Morgan fingerprint density at radius 2 is 2.00 bits per heavy atom. The molecular weight excluding hydrogens is 260 g/mol. The second-order valence-corrected chi connectivity index (χ2v) is 5.72. The highest BCUT2D eigenvalue weighted by atomic mass is 79.9. The highest BCUT2D eigenvalue weighted by Crippen LogP contribution is 2.37. The zero-order valence-corrected chi connectivity index (χ0v) is 11.7. The Labute approximate surface area is 108 Å². The number of hydrogen-bond donors (Lipinski definition) is 0. The van der Waals surface area contributed by atoms with Crippen LogP contribution in [0.2, 0.25) is 0 Å². The van der Waals surface area contributed by atoms with E-state index in [9.17, 15) is 0 Å². The normalized spacial score (nSPS) is 19.6. The first-order chi connectivity index (χ1) is 7.81. The number of halogens is 1. The van der Waals surface area contributed by atoms with Crippen LogP contribution >= 0.6 is 15.9 Å². The zero-order valence-electron chi connectivity index (χ0n) is 10.1. The number of alkyl halides is 1. The number of aryl methyl sites for hydroxylation is 1. The summed E-state index contributed by atoms with van der Waals surface area (Å²) in [5, 5.41) is 1.11. The van der Waals surface area contributed by atoms with Gasteiger partial charge in [-0.2, -0.15) is 0 Å². The van der Waals surface area contributed by atoms with E-state index in [2.05, 4.69) is 47.1 Å². The largest absolute Gasteiger partial charge is 0.0921 e. The third-order valence-electron chi connectivity index (χ3n) is 3.86. The molecule has 1 atom stereocenters. The van der Waals surface area contributed by atoms with Gasteiger partial charge >= 0.3 is 0 Å². The molecule has 1 saturated carbocycles. The van der Waals surface area contributed by atoms with E-state index in [-0.39, 0.29) is 0 Å². The van der Waals surface area contributed by atoms with E-state index in [4.69, 9.17) is 0 Å². The molecular formula is C15H21Br. The number of rotatable bonds is 3. The van der Waals surface area contributed by atoms with Crippen molar-refractivity contribution in [2.75, 3.05) is 5.33 Å². The molecule has 2 rings (SSSR count). The van der Waals surface area contributed by atoms with Crippen molar-refractivity contribution in [3.63, 3.8) is 0 Å². The maximum Gasteiger partial charge on any atom is 0.0103 e. The van der Waals surface area contributed by atoms with Crippen molar-refractivity contribution in [3.05, 3.63) is 35.4 Å². The molecule has 1 aliphatic rings. The molecule has 1 aromatic rings. The molecule has 1 unspecified atom stereocenters. The van der Waals surface area contributed by atoms with Crippen molar-refractivity contribution in [1.29, 1.82) is 0 Å². The molecule has 1 heteroatoms. The van der Waals surface area contributed by atoms with Crippen LogP contribution in [0, 0.1) is 12.8 Å². The molecule has 0 radical (unpaired) electrons. The van der Waals surface area contributed by atoms with Gasteiger partial charge in [-0.3, -0.25) is 0 Å². The van der Waals surface area contributed by atoms with E-state index in [0.29, 0.717) is 0 Å². The van der Waals surface area contributed by atoms with E-state index in [0.717, 1.165) is 17.2 Å². The monoisotopic (exact) mass is 280 g/mol. The summed E-state index contributed by atoms with van der Waals surface area (Å²) in [4.78, 5) is 0. The van der Waals surface area contributed by atoms with Crippen molar-refractivity contribution in [3.8, 4) is 0 Å². The lowest BCUT2D eigenvalue weighted by molar-refractivity contribution is 0.319. The fourth-order valence-electron chi connectivity index (χ4n) is 2.92. The molecule has 1 aliphatic carbocycles. The molecule has 0 aromatic heterocycles. The van der Waals surface area contributed by atoms with Crippen LogP contribution in [-0.2, 0) is 0 Å². The lowest BCUT2D eigenvalue weighted by Crippen LogP contribution is -2.17.